The summed E-state index contributed by atoms with van der Waals surface area (Å²) < 4.78 is 5.92. The second-order valence-corrected chi connectivity index (χ2v) is 8.29. The van der Waals surface area contributed by atoms with Gasteiger partial charge in [0.25, 0.3) is 0 Å². The van der Waals surface area contributed by atoms with Crippen molar-refractivity contribution < 1.29 is 19.1 Å². The quantitative estimate of drug-likeness (QED) is 0.533. The number of ether oxygens (including phenoxy) is 1. The van der Waals surface area contributed by atoms with Gasteiger partial charge < -0.3 is 19.9 Å². The van der Waals surface area contributed by atoms with Crippen LogP contribution in [0.5, 0.6) is 0 Å². The average Bonchev–Trinajstić information content (AvgIpc) is 2.75. The molecule has 3 amide bonds. The molecule has 0 aromatic heterocycles. The highest BCUT2D eigenvalue weighted by Crippen LogP contribution is 2.22. The van der Waals surface area contributed by atoms with E-state index in [1.165, 1.54) is 0 Å². The summed E-state index contributed by atoms with van der Waals surface area (Å²) in [5.74, 6) is -0.510. The van der Waals surface area contributed by atoms with E-state index in [2.05, 4.69) is 28.2 Å². The van der Waals surface area contributed by atoms with Crippen LogP contribution in [0.25, 0.3) is 0 Å². The van der Waals surface area contributed by atoms with Crippen molar-refractivity contribution in [3.8, 4) is 0 Å². The molecule has 1 aromatic carbocycles. The fourth-order valence-corrected chi connectivity index (χ4v) is 3.85. The van der Waals surface area contributed by atoms with Gasteiger partial charge in [-0.15, -0.1) is 0 Å². The number of nitrogens with one attached hydrogen (secondary N) is 1. The van der Waals surface area contributed by atoms with Gasteiger partial charge in [-0.05, 0) is 54.2 Å². The molecule has 0 radical (unpaired) electrons. The van der Waals surface area contributed by atoms with Gasteiger partial charge in [-0.25, -0.2) is 4.79 Å². The Balaban J connectivity index is 1.92. The maximum Gasteiger partial charge on any atom is 0.321 e. The number of para-hydroxylation sites is 1. The SMILES string of the molecule is CCCCN(CCC(=O)N1CCCC(C(=O)OCC)C1)C(=O)Nc1ccccc1Br. The van der Waals surface area contributed by atoms with E-state index in [1.807, 2.05) is 24.3 Å². The fourth-order valence-electron chi connectivity index (χ4n) is 3.47. The molecule has 2 rings (SSSR count). The Bertz CT molecular complexity index is 728. The smallest absolute Gasteiger partial charge is 0.321 e. The summed E-state index contributed by atoms with van der Waals surface area (Å²) in [7, 11) is 0. The van der Waals surface area contributed by atoms with Crippen molar-refractivity contribution in [1.29, 1.82) is 0 Å². The van der Waals surface area contributed by atoms with Crippen molar-refractivity contribution in [2.45, 2.75) is 46.0 Å². The molecular weight excluding hydrogens is 450 g/mol. The third-order valence-electron chi connectivity index (χ3n) is 5.17. The minimum atomic E-state index is -0.252. The van der Waals surface area contributed by atoms with Gasteiger partial charge in [-0.2, -0.15) is 0 Å². The molecule has 8 heteroatoms. The van der Waals surface area contributed by atoms with Crippen LogP contribution in [0.2, 0.25) is 0 Å². The molecule has 1 saturated heterocycles. The van der Waals surface area contributed by atoms with Crippen LogP contribution in [0.3, 0.4) is 0 Å². The number of carbonyl (C=O) groups excluding carboxylic acids is 3. The first-order valence-electron chi connectivity index (χ1n) is 10.7. The summed E-state index contributed by atoms with van der Waals surface area (Å²) in [6, 6.07) is 7.22. The molecule has 0 aliphatic carbocycles. The van der Waals surface area contributed by atoms with E-state index in [0.717, 1.165) is 30.2 Å². The summed E-state index contributed by atoms with van der Waals surface area (Å²) in [5.41, 5.74) is 0.698. The van der Waals surface area contributed by atoms with Crippen LogP contribution in [0, 0.1) is 5.92 Å². The summed E-state index contributed by atoms with van der Waals surface area (Å²) in [6.45, 7) is 6.18. The largest absolute Gasteiger partial charge is 0.466 e. The molecule has 1 atom stereocenters. The number of unbranched alkanes of at least 4 members (excludes halogenated alkanes) is 1. The van der Waals surface area contributed by atoms with Crippen molar-refractivity contribution in [2.24, 2.45) is 5.92 Å². The van der Waals surface area contributed by atoms with E-state index in [1.54, 1.807) is 16.7 Å². The van der Waals surface area contributed by atoms with E-state index < -0.39 is 0 Å². The van der Waals surface area contributed by atoms with Gasteiger partial charge in [-0.3, -0.25) is 9.59 Å². The lowest BCUT2D eigenvalue weighted by molar-refractivity contribution is -0.151. The zero-order valence-electron chi connectivity index (χ0n) is 17.9. The Labute approximate surface area is 187 Å². The normalized spacial score (nSPS) is 16.1. The van der Waals surface area contributed by atoms with E-state index in [4.69, 9.17) is 4.74 Å². The predicted octanol–water partition coefficient (Wildman–Crippen LogP) is 4.27. The van der Waals surface area contributed by atoms with Crippen molar-refractivity contribution in [2.75, 3.05) is 38.1 Å². The minimum absolute atomic E-state index is 0.0285. The lowest BCUT2D eigenvalue weighted by Gasteiger charge is -2.32. The summed E-state index contributed by atoms with van der Waals surface area (Å²) in [4.78, 5) is 41.0. The predicted molar refractivity (Wildman–Crippen MR) is 120 cm³/mol. The van der Waals surface area contributed by atoms with Gasteiger partial charge in [0, 0.05) is 37.1 Å². The van der Waals surface area contributed by atoms with Gasteiger partial charge in [0.05, 0.1) is 18.2 Å². The molecular formula is C22H32BrN3O4. The van der Waals surface area contributed by atoms with E-state index >= 15 is 0 Å². The van der Waals surface area contributed by atoms with Gasteiger partial charge in [0.1, 0.15) is 0 Å². The first-order chi connectivity index (χ1) is 14.5. The molecule has 1 aliphatic heterocycles. The molecule has 1 aliphatic rings. The van der Waals surface area contributed by atoms with Gasteiger partial charge in [0.15, 0.2) is 0 Å². The van der Waals surface area contributed by atoms with E-state index in [9.17, 15) is 14.4 Å². The topological polar surface area (TPSA) is 79.0 Å². The first-order valence-corrected chi connectivity index (χ1v) is 11.5. The number of hydrogen-bond donors (Lipinski definition) is 1. The Morgan fingerprint density at radius 1 is 1.23 bits per heavy atom. The molecule has 1 fully saturated rings. The number of halogens is 1. The molecule has 7 nitrogen and oxygen atoms in total. The number of hydrogen-bond acceptors (Lipinski definition) is 4. The first kappa shape index (κ1) is 24.2. The number of anilines is 1. The molecule has 0 saturated carbocycles. The zero-order valence-corrected chi connectivity index (χ0v) is 19.4. The van der Waals surface area contributed by atoms with Crippen LogP contribution in [-0.4, -0.2) is 60.5 Å². The maximum absolute atomic E-state index is 12.8. The van der Waals surface area contributed by atoms with Crippen molar-refractivity contribution in [1.82, 2.24) is 9.80 Å². The molecule has 30 heavy (non-hydrogen) atoms. The molecule has 1 unspecified atom stereocenters. The van der Waals surface area contributed by atoms with Crippen LogP contribution >= 0.6 is 15.9 Å². The fraction of sp³-hybridized carbons (Fsp3) is 0.591. The molecule has 1 aromatic rings. The third kappa shape index (κ3) is 7.31. The Morgan fingerprint density at radius 2 is 2.00 bits per heavy atom. The molecule has 0 spiro atoms. The number of carbonyl (C=O) groups is 3. The summed E-state index contributed by atoms with van der Waals surface area (Å²) in [6.07, 6.45) is 3.60. The number of amides is 3. The Kier molecular flexibility index (Phi) is 10.1. The molecule has 166 valence electrons. The lowest BCUT2D eigenvalue weighted by Crippen LogP contribution is -2.44. The standard InChI is InChI=1S/C22H32BrN3O4/c1-3-5-13-25(22(29)24-19-11-7-6-10-18(19)23)15-12-20(27)26-14-8-9-17(16-26)21(28)30-4-2/h6-7,10-11,17H,3-5,8-9,12-16H2,1-2H3,(H,24,29). The van der Waals surface area contributed by atoms with E-state index in [-0.39, 0.29) is 30.2 Å². The van der Waals surface area contributed by atoms with Crippen LogP contribution in [0.1, 0.15) is 46.0 Å². The van der Waals surface area contributed by atoms with Crippen molar-refractivity contribution >= 4 is 39.5 Å². The minimum Gasteiger partial charge on any atom is -0.466 e. The zero-order chi connectivity index (χ0) is 21.9. The second-order valence-electron chi connectivity index (χ2n) is 7.43. The number of rotatable bonds is 9. The Morgan fingerprint density at radius 3 is 2.70 bits per heavy atom. The highest BCUT2D eigenvalue weighted by Gasteiger charge is 2.29. The van der Waals surface area contributed by atoms with Crippen LogP contribution in [0.15, 0.2) is 28.7 Å². The summed E-state index contributed by atoms with van der Waals surface area (Å²) >= 11 is 3.44. The lowest BCUT2D eigenvalue weighted by atomic mass is 9.98. The highest BCUT2D eigenvalue weighted by molar-refractivity contribution is 9.10. The third-order valence-corrected chi connectivity index (χ3v) is 5.87. The van der Waals surface area contributed by atoms with Crippen LogP contribution in [-0.2, 0) is 14.3 Å². The number of benzene rings is 1. The van der Waals surface area contributed by atoms with Crippen molar-refractivity contribution in [3.63, 3.8) is 0 Å². The number of piperidine rings is 1. The van der Waals surface area contributed by atoms with Gasteiger partial charge in [0.2, 0.25) is 5.91 Å². The molecule has 1 N–H and O–H groups in total. The van der Waals surface area contributed by atoms with Crippen LogP contribution < -0.4 is 5.32 Å². The maximum atomic E-state index is 12.8. The summed E-state index contributed by atoms with van der Waals surface area (Å²) in [5, 5.41) is 2.91. The average molecular weight is 482 g/mol. The van der Waals surface area contributed by atoms with Crippen LogP contribution in [0.4, 0.5) is 10.5 Å². The monoisotopic (exact) mass is 481 g/mol. The van der Waals surface area contributed by atoms with Gasteiger partial charge >= 0.3 is 12.0 Å². The van der Waals surface area contributed by atoms with Gasteiger partial charge in [-0.1, -0.05) is 25.5 Å². The number of likely N-dealkylation sites (tertiary alicyclic amines) is 1. The van der Waals surface area contributed by atoms with E-state index in [0.29, 0.717) is 38.5 Å². The molecule has 0 bridgehead atoms. The number of urea groups is 1. The molecule has 1 heterocycles. The highest BCUT2D eigenvalue weighted by atomic mass is 79.9. The number of nitrogens with zero attached hydrogens (tertiary/aromatic N) is 2. The number of esters is 1. The second kappa shape index (κ2) is 12.6. The Hall–Kier alpha value is -2.09. The van der Waals surface area contributed by atoms with Crippen molar-refractivity contribution in [3.05, 3.63) is 28.7 Å².